The molecule has 1 aromatic rings. The van der Waals surface area contributed by atoms with Gasteiger partial charge in [-0.15, -0.1) is 0 Å². The molecule has 2 N–H and O–H groups in total. The molecule has 0 aliphatic rings. The molecule has 0 atom stereocenters. The number of nitrogens with zero attached hydrogens (tertiary/aromatic N) is 1. The number of hydrogen-bond donors (Lipinski definition) is 1. The van der Waals surface area contributed by atoms with Crippen molar-refractivity contribution in [2.45, 2.75) is 6.18 Å². The minimum atomic E-state index is -4.44. The monoisotopic (exact) mass is 188 g/mol. The van der Waals surface area contributed by atoms with Crippen LogP contribution in [0.25, 0.3) is 5.57 Å². The third-order valence-corrected chi connectivity index (χ3v) is 1.45. The molecule has 5 heteroatoms. The van der Waals surface area contributed by atoms with Gasteiger partial charge >= 0.3 is 6.18 Å². The van der Waals surface area contributed by atoms with Gasteiger partial charge in [-0.1, -0.05) is 6.58 Å². The molecule has 1 aromatic heterocycles. The topological polar surface area (TPSA) is 38.9 Å². The molecule has 0 spiro atoms. The Hall–Kier alpha value is -1.52. The van der Waals surface area contributed by atoms with Crippen LogP contribution in [0.2, 0.25) is 0 Å². The number of aromatic nitrogens is 1. The van der Waals surface area contributed by atoms with Gasteiger partial charge in [0.15, 0.2) is 0 Å². The van der Waals surface area contributed by atoms with Crippen LogP contribution in [0.5, 0.6) is 0 Å². The van der Waals surface area contributed by atoms with Crippen molar-refractivity contribution in [1.29, 1.82) is 0 Å². The largest absolute Gasteiger partial charge is 0.416 e. The van der Waals surface area contributed by atoms with E-state index in [1.165, 1.54) is 12.3 Å². The van der Waals surface area contributed by atoms with Gasteiger partial charge in [0.05, 0.1) is 11.3 Å². The van der Waals surface area contributed by atoms with Crippen LogP contribution in [0.1, 0.15) is 5.56 Å². The van der Waals surface area contributed by atoms with Gasteiger partial charge in [-0.2, -0.15) is 13.2 Å². The molecule has 1 rings (SSSR count). The lowest BCUT2D eigenvalue weighted by Crippen LogP contribution is -2.09. The first-order valence-corrected chi connectivity index (χ1v) is 3.38. The Kier molecular flexibility index (Phi) is 2.27. The number of allylic oxidation sites excluding steroid dienone is 1. The van der Waals surface area contributed by atoms with Crippen LogP contribution in [0.3, 0.4) is 0 Å². The van der Waals surface area contributed by atoms with E-state index in [-0.39, 0.29) is 11.3 Å². The van der Waals surface area contributed by atoms with Crippen molar-refractivity contribution >= 4 is 11.3 Å². The zero-order valence-corrected chi connectivity index (χ0v) is 6.60. The van der Waals surface area contributed by atoms with E-state index in [0.29, 0.717) is 0 Å². The van der Waals surface area contributed by atoms with Crippen molar-refractivity contribution in [3.63, 3.8) is 0 Å². The molecular weight excluding hydrogens is 181 g/mol. The van der Waals surface area contributed by atoms with Gasteiger partial charge in [-0.3, -0.25) is 4.98 Å². The highest BCUT2D eigenvalue weighted by atomic mass is 19.4. The summed E-state index contributed by atoms with van der Waals surface area (Å²) in [7, 11) is 0. The van der Waals surface area contributed by atoms with Crippen molar-refractivity contribution in [3.05, 3.63) is 30.6 Å². The van der Waals surface area contributed by atoms with Gasteiger partial charge in [-0.25, -0.2) is 0 Å². The molecule has 2 nitrogen and oxygen atoms in total. The Morgan fingerprint density at radius 1 is 1.38 bits per heavy atom. The maximum absolute atomic E-state index is 12.1. The van der Waals surface area contributed by atoms with Crippen molar-refractivity contribution in [3.8, 4) is 0 Å². The van der Waals surface area contributed by atoms with Crippen LogP contribution in [0.4, 0.5) is 18.9 Å². The molecule has 0 aliphatic heterocycles. The Balaban J connectivity index is 3.03. The van der Waals surface area contributed by atoms with Crippen LogP contribution in [0, 0.1) is 0 Å². The second-order valence-electron chi connectivity index (χ2n) is 2.48. The molecule has 0 saturated carbocycles. The van der Waals surface area contributed by atoms with Crippen LogP contribution in [-0.4, -0.2) is 11.2 Å². The lowest BCUT2D eigenvalue weighted by molar-refractivity contribution is -0.0686. The molecule has 1 heterocycles. The number of nitrogens with two attached hydrogens (primary N) is 1. The molecule has 0 radical (unpaired) electrons. The molecule has 0 fully saturated rings. The predicted octanol–water partition coefficient (Wildman–Crippen LogP) is 2.24. The van der Waals surface area contributed by atoms with Crippen LogP contribution in [-0.2, 0) is 0 Å². The van der Waals surface area contributed by atoms with Crippen LogP contribution < -0.4 is 5.73 Å². The maximum Gasteiger partial charge on any atom is 0.416 e. The van der Waals surface area contributed by atoms with E-state index in [4.69, 9.17) is 5.73 Å². The summed E-state index contributed by atoms with van der Waals surface area (Å²) in [5, 5.41) is 0. The minimum Gasteiger partial charge on any atom is -0.397 e. The average Bonchev–Trinajstić information content (AvgIpc) is 2.01. The Morgan fingerprint density at radius 3 is 2.46 bits per heavy atom. The van der Waals surface area contributed by atoms with Gasteiger partial charge in [0.1, 0.15) is 0 Å². The average molecular weight is 188 g/mol. The summed E-state index contributed by atoms with van der Waals surface area (Å²) in [6, 6.07) is 1.18. The second kappa shape index (κ2) is 3.08. The summed E-state index contributed by atoms with van der Waals surface area (Å²) in [6.07, 6.45) is -2.09. The maximum atomic E-state index is 12.1. The summed E-state index contributed by atoms with van der Waals surface area (Å²) in [6.45, 7) is 2.92. The van der Waals surface area contributed by atoms with Crippen LogP contribution >= 0.6 is 0 Å². The van der Waals surface area contributed by atoms with E-state index < -0.39 is 11.7 Å². The third-order valence-electron chi connectivity index (χ3n) is 1.45. The molecule has 13 heavy (non-hydrogen) atoms. The normalized spacial score (nSPS) is 11.3. The molecule has 0 amide bonds. The lowest BCUT2D eigenvalue weighted by Gasteiger charge is -2.09. The van der Waals surface area contributed by atoms with E-state index in [0.717, 1.165) is 6.20 Å². The van der Waals surface area contributed by atoms with Crippen molar-refractivity contribution < 1.29 is 13.2 Å². The van der Waals surface area contributed by atoms with E-state index in [2.05, 4.69) is 11.6 Å². The second-order valence-corrected chi connectivity index (χ2v) is 2.48. The fourth-order valence-corrected chi connectivity index (χ4v) is 0.786. The Morgan fingerprint density at radius 2 is 2.00 bits per heavy atom. The number of anilines is 1. The van der Waals surface area contributed by atoms with Gasteiger partial charge in [0.25, 0.3) is 0 Å². The smallest absolute Gasteiger partial charge is 0.397 e. The highest BCUT2D eigenvalue weighted by Gasteiger charge is 2.32. The molecule has 0 aromatic carbocycles. The summed E-state index contributed by atoms with van der Waals surface area (Å²) < 4.78 is 36.3. The highest BCUT2D eigenvalue weighted by molar-refractivity contribution is 5.68. The van der Waals surface area contributed by atoms with Gasteiger partial charge in [-0.05, 0) is 6.07 Å². The first-order chi connectivity index (χ1) is 5.91. The van der Waals surface area contributed by atoms with E-state index in [9.17, 15) is 13.2 Å². The highest BCUT2D eigenvalue weighted by Crippen LogP contribution is 2.32. The van der Waals surface area contributed by atoms with E-state index >= 15 is 0 Å². The number of nitrogen functional groups attached to an aromatic ring is 1. The number of halogens is 3. The van der Waals surface area contributed by atoms with Crippen molar-refractivity contribution in [2.24, 2.45) is 0 Å². The molecule has 0 bridgehead atoms. The van der Waals surface area contributed by atoms with Gasteiger partial charge in [0.2, 0.25) is 0 Å². The predicted molar refractivity (Wildman–Crippen MR) is 43.7 cm³/mol. The zero-order chi connectivity index (χ0) is 10.1. The molecule has 0 aliphatic carbocycles. The summed E-state index contributed by atoms with van der Waals surface area (Å²) >= 11 is 0. The lowest BCUT2D eigenvalue weighted by atomic mass is 10.1. The van der Waals surface area contributed by atoms with E-state index in [1.54, 1.807) is 0 Å². The van der Waals surface area contributed by atoms with Gasteiger partial charge < -0.3 is 5.73 Å². The minimum absolute atomic E-state index is 0.104. The molecular formula is C8H7F3N2. The Labute approximate surface area is 72.9 Å². The summed E-state index contributed by atoms with van der Waals surface area (Å²) in [5.41, 5.74) is 4.41. The van der Waals surface area contributed by atoms with E-state index in [1.807, 2.05) is 0 Å². The number of alkyl halides is 3. The van der Waals surface area contributed by atoms with Crippen LogP contribution in [0.15, 0.2) is 25.0 Å². The van der Waals surface area contributed by atoms with Crippen molar-refractivity contribution in [2.75, 3.05) is 5.73 Å². The van der Waals surface area contributed by atoms with Crippen molar-refractivity contribution in [1.82, 2.24) is 4.98 Å². The SMILES string of the molecule is C=C(c1cncc(N)c1)C(F)(F)F. The van der Waals surface area contributed by atoms with Gasteiger partial charge in [0, 0.05) is 18.0 Å². The molecule has 0 unspecified atom stereocenters. The number of hydrogen-bond acceptors (Lipinski definition) is 2. The Bertz CT molecular complexity index is 330. The molecule has 0 saturated heterocycles. The summed E-state index contributed by atoms with van der Waals surface area (Å²) in [5.74, 6) is 0. The first-order valence-electron chi connectivity index (χ1n) is 3.38. The summed E-state index contributed by atoms with van der Waals surface area (Å²) in [4.78, 5) is 3.53. The third kappa shape index (κ3) is 2.21. The first kappa shape index (κ1) is 9.57. The molecule has 70 valence electrons. The standard InChI is InChI=1S/C8H7F3N2/c1-5(8(9,10)11)6-2-7(12)4-13-3-6/h2-4H,1,12H2. The number of rotatable bonds is 1. The number of pyridine rings is 1. The quantitative estimate of drug-likeness (QED) is 0.733. The fourth-order valence-electron chi connectivity index (χ4n) is 0.786. The fraction of sp³-hybridized carbons (Fsp3) is 0.125. The zero-order valence-electron chi connectivity index (χ0n) is 6.60.